The Labute approximate surface area is 149 Å². The van der Waals surface area contributed by atoms with Gasteiger partial charge in [-0.05, 0) is 38.8 Å². The molecule has 0 N–H and O–H groups in total. The van der Waals surface area contributed by atoms with Crippen LogP contribution in [0.2, 0.25) is 0 Å². The van der Waals surface area contributed by atoms with E-state index in [1.807, 2.05) is 30.7 Å². The lowest BCUT2D eigenvalue weighted by atomic mass is 10.2. The molecule has 0 atom stereocenters. The molecule has 1 aliphatic rings. The van der Waals surface area contributed by atoms with E-state index in [0.29, 0.717) is 17.8 Å². The molecule has 26 heavy (non-hydrogen) atoms. The number of fused-ring (bicyclic) bond motifs is 1. The zero-order valence-electron chi connectivity index (χ0n) is 14.8. The summed E-state index contributed by atoms with van der Waals surface area (Å²) in [6.07, 6.45) is 8.30. The quantitative estimate of drug-likeness (QED) is 0.563. The molecular weight excluding hydrogens is 330 g/mol. The molecule has 0 aromatic carbocycles. The van der Waals surface area contributed by atoms with Crippen LogP contribution >= 0.6 is 0 Å². The van der Waals surface area contributed by atoms with Crippen LogP contribution in [-0.2, 0) is 0 Å². The Balaban J connectivity index is 1.57. The predicted octanol–water partition coefficient (Wildman–Crippen LogP) is 3.37. The molecule has 1 aliphatic carbocycles. The summed E-state index contributed by atoms with van der Waals surface area (Å²) in [4.78, 5) is 9.19. The minimum absolute atomic E-state index is 0.416. The van der Waals surface area contributed by atoms with E-state index in [2.05, 4.69) is 25.3 Å². The van der Waals surface area contributed by atoms with Gasteiger partial charge < -0.3 is 4.52 Å². The van der Waals surface area contributed by atoms with Crippen LogP contribution in [-0.4, -0.2) is 34.5 Å². The summed E-state index contributed by atoms with van der Waals surface area (Å²) < 4.78 is 9.37. The number of aromatic nitrogens is 7. The minimum atomic E-state index is 0.416. The van der Waals surface area contributed by atoms with Gasteiger partial charge in [0.2, 0.25) is 5.82 Å². The summed E-state index contributed by atoms with van der Waals surface area (Å²) in [7, 11) is 0. The highest BCUT2D eigenvalue weighted by Crippen LogP contribution is 2.33. The first-order valence-corrected chi connectivity index (χ1v) is 8.90. The van der Waals surface area contributed by atoms with E-state index in [4.69, 9.17) is 4.52 Å². The number of aryl methyl sites for hydroxylation is 2. The summed E-state index contributed by atoms with van der Waals surface area (Å²) >= 11 is 0. The van der Waals surface area contributed by atoms with Crippen molar-refractivity contribution in [1.29, 1.82) is 0 Å². The Morgan fingerprint density at radius 2 is 1.96 bits per heavy atom. The summed E-state index contributed by atoms with van der Waals surface area (Å²) in [6, 6.07) is 4.34. The Morgan fingerprint density at radius 1 is 1.12 bits per heavy atom. The van der Waals surface area contributed by atoms with E-state index in [1.165, 1.54) is 12.8 Å². The molecule has 4 aromatic heterocycles. The first kappa shape index (κ1) is 15.2. The smallest absolute Gasteiger partial charge is 0.276 e. The molecule has 0 radical (unpaired) electrons. The van der Waals surface area contributed by atoms with Crippen LogP contribution in [0.5, 0.6) is 0 Å². The van der Waals surface area contributed by atoms with Crippen molar-refractivity contribution in [3.8, 4) is 23.0 Å². The first-order valence-electron chi connectivity index (χ1n) is 8.90. The van der Waals surface area contributed by atoms with E-state index in [0.717, 1.165) is 41.1 Å². The summed E-state index contributed by atoms with van der Waals surface area (Å²) in [5.41, 5.74) is 4.31. The van der Waals surface area contributed by atoms with Crippen LogP contribution in [0, 0.1) is 13.8 Å². The maximum absolute atomic E-state index is 5.56. The van der Waals surface area contributed by atoms with Crippen LogP contribution in [0.25, 0.3) is 28.6 Å². The van der Waals surface area contributed by atoms with Crippen molar-refractivity contribution in [3.05, 3.63) is 35.9 Å². The fourth-order valence-corrected chi connectivity index (χ4v) is 3.79. The van der Waals surface area contributed by atoms with E-state index in [-0.39, 0.29) is 0 Å². The van der Waals surface area contributed by atoms with Crippen molar-refractivity contribution in [2.75, 3.05) is 0 Å². The standard InChI is InChI=1S/C18H19N7O/c1-11-9-12(2)24-17(21-11)14(10-20-24)16-22-18(26-23-16)15-7-8-19-25(15)13-5-3-4-6-13/h7-10,13H,3-6H2,1-2H3. The molecule has 1 saturated carbocycles. The minimum Gasteiger partial charge on any atom is -0.332 e. The summed E-state index contributed by atoms with van der Waals surface area (Å²) in [5, 5.41) is 13.1. The normalized spacial score (nSPS) is 15.3. The Bertz CT molecular complexity index is 1080. The van der Waals surface area contributed by atoms with Gasteiger partial charge in [0.1, 0.15) is 5.69 Å². The van der Waals surface area contributed by atoms with Gasteiger partial charge in [0.05, 0.1) is 17.8 Å². The molecule has 4 heterocycles. The fraction of sp³-hybridized carbons (Fsp3) is 0.389. The monoisotopic (exact) mass is 349 g/mol. The van der Waals surface area contributed by atoms with Gasteiger partial charge in [0.25, 0.3) is 5.89 Å². The molecule has 0 unspecified atom stereocenters. The highest BCUT2D eigenvalue weighted by atomic mass is 16.5. The molecule has 132 valence electrons. The molecule has 0 bridgehead atoms. The molecular formula is C18H19N7O. The predicted molar refractivity (Wildman–Crippen MR) is 94.5 cm³/mol. The highest BCUT2D eigenvalue weighted by Gasteiger charge is 2.24. The van der Waals surface area contributed by atoms with Gasteiger partial charge in [0, 0.05) is 17.6 Å². The molecule has 4 aromatic rings. The SMILES string of the molecule is Cc1cc(C)n2ncc(-c3noc(-c4ccnn4C4CCCC4)n3)c2n1. The van der Waals surface area contributed by atoms with Gasteiger partial charge in [0.15, 0.2) is 5.65 Å². The third-order valence-corrected chi connectivity index (χ3v) is 5.00. The van der Waals surface area contributed by atoms with Crippen LogP contribution in [0.4, 0.5) is 0 Å². The second-order valence-corrected chi connectivity index (χ2v) is 6.85. The molecule has 0 aliphatic heterocycles. The number of nitrogens with zero attached hydrogens (tertiary/aromatic N) is 7. The van der Waals surface area contributed by atoms with Crippen molar-refractivity contribution in [3.63, 3.8) is 0 Å². The largest absolute Gasteiger partial charge is 0.332 e. The van der Waals surface area contributed by atoms with Crippen molar-refractivity contribution in [2.45, 2.75) is 45.6 Å². The molecule has 0 spiro atoms. The fourth-order valence-electron chi connectivity index (χ4n) is 3.79. The maximum atomic E-state index is 5.56. The Morgan fingerprint density at radius 3 is 2.81 bits per heavy atom. The van der Waals surface area contributed by atoms with Crippen LogP contribution < -0.4 is 0 Å². The zero-order valence-corrected chi connectivity index (χ0v) is 14.8. The highest BCUT2D eigenvalue weighted by molar-refractivity contribution is 5.73. The van der Waals surface area contributed by atoms with Crippen molar-refractivity contribution < 1.29 is 4.52 Å². The van der Waals surface area contributed by atoms with Gasteiger partial charge in [-0.1, -0.05) is 18.0 Å². The van der Waals surface area contributed by atoms with Gasteiger partial charge >= 0.3 is 0 Å². The van der Waals surface area contributed by atoms with Gasteiger partial charge in [-0.3, -0.25) is 4.68 Å². The summed E-state index contributed by atoms with van der Waals surface area (Å²) in [6.45, 7) is 3.96. The Kier molecular flexibility index (Phi) is 3.37. The van der Waals surface area contributed by atoms with Crippen LogP contribution in [0.1, 0.15) is 43.1 Å². The molecule has 0 amide bonds. The van der Waals surface area contributed by atoms with Crippen molar-refractivity contribution in [2.24, 2.45) is 0 Å². The van der Waals surface area contributed by atoms with Crippen LogP contribution in [0.3, 0.4) is 0 Å². The van der Waals surface area contributed by atoms with Crippen molar-refractivity contribution in [1.82, 2.24) is 34.5 Å². The van der Waals surface area contributed by atoms with E-state index < -0.39 is 0 Å². The molecule has 8 nitrogen and oxygen atoms in total. The topological polar surface area (TPSA) is 86.9 Å². The zero-order chi connectivity index (χ0) is 17.7. The summed E-state index contributed by atoms with van der Waals surface area (Å²) in [5.74, 6) is 0.972. The second kappa shape index (κ2) is 5.76. The average Bonchev–Trinajstić information content (AvgIpc) is 3.38. The number of rotatable bonds is 3. The molecule has 0 saturated heterocycles. The first-order chi connectivity index (χ1) is 12.7. The maximum Gasteiger partial charge on any atom is 0.276 e. The number of hydrogen-bond donors (Lipinski definition) is 0. The van der Waals surface area contributed by atoms with Gasteiger partial charge in [-0.25, -0.2) is 9.50 Å². The average molecular weight is 349 g/mol. The third-order valence-electron chi connectivity index (χ3n) is 5.00. The van der Waals surface area contributed by atoms with E-state index >= 15 is 0 Å². The van der Waals surface area contributed by atoms with Gasteiger partial charge in [-0.15, -0.1) is 0 Å². The van der Waals surface area contributed by atoms with E-state index in [1.54, 1.807) is 16.9 Å². The second-order valence-electron chi connectivity index (χ2n) is 6.85. The lowest BCUT2D eigenvalue weighted by Crippen LogP contribution is -2.08. The third kappa shape index (κ3) is 2.33. The van der Waals surface area contributed by atoms with Gasteiger partial charge in [-0.2, -0.15) is 15.2 Å². The molecule has 1 fully saturated rings. The van der Waals surface area contributed by atoms with Crippen molar-refractivity contribution >= 4 is 5.65 Å². The number of hydrogen-bond acceptors (Lipinski definition) is 6. The Hall–Kier alpha value is -3.03. The van der Waals surface area contributed by atoms with Crippen LogP contribution in [0.15, 0.2) is 29.0 Å². The molecule has 8 heteroatoms. The lowest BCUT2D eigenvalue weighted by molar-refractivity contribution is 0.416. The lowest BCUT2D eigenvalue weighted by Gasteiger charge is -2.11. The molecule has 5 rings (SSSR count). The van der Waals surface area contributed by atoms with E-state index in [9.17, 15) is 0 Å².